The Morgan fingerprint density at radius 2 is 2.05 bits per heavy atom. The standard InChI is InChI=1S/C14H16N2O3/c1-8-6-11(9(2)19-8)14(17)16-13-7-10(18-3)4-5-12(13)15/h4-7H,15H2,1-3H3,(H,16,17). The molecular formula is C14H16N2O3. The average molecular weight is 260 g/mol. The zero-order valence-electron chi connectivity index (χ0n) is 11.1. The molecule has 0 radical (unpaired) electrons. The van der Waals surface area contributed by atoms with Crippen molar-refractivity contribution in [3.63, 3.8) is 0 Å². The maximum atomic E-state index is 12.1. The number of hydrogen-bond donors (Lipinski definition) is 2. The first-order valence-corrected chi connectivity index (χ1v) is 5.83. The van der Waals surface area contributed by atoms with E-state index in [2.05, 4.69) is 5.32 Å². The van der Waals surface area contributed by atoms with E-state index in [4.69, 9.17) is 14.9 Å². The van der Waals surface area contributed by atoms with Gasteiger partial charge in [0.25, 0.3) is 5.91 Å². The third kappa shape index (κ3) is 2.70. The molecule has 2 rings (SSSR count). The first-order valence-electron chi connectivity index (χ1n) is 5.83. The molecule has 100 valence electrons. The highest BCUT2D eigenvalue weighted by Crippen LogP contribution is 2.25. The molecule has 0 bridgehead atoms. The van der Waals surface area contributed by atoms with Crippen LogP contribution < -0.4 is 15.8 Å². The molecule has 5 nitrogen and oxygen atoms in total. The summed E-state index contributed by atoms with van der Waals surface area (Å²) in [4.78, 5) is 12.1. The van der Waals surface area contributed by atoms with Crippen LogP contribution in [0.25, 0.3) is 0 Å². The highest BCUT2D eigenvalue weighted by Gasteiger charge is 2.14. The van der Waals surface area contributed by atoms with Crippen molar-refractivity contribution in [2.75, 3.05) is 18.2 Å². The first kappa shape index (κ1) is 13.0. The van der Waals surface area contributed by atoms with E-state index in [9.17, 15) is 4.79 Å². The van der Waals surface area contributed by atoms with Crippen LogP contribution in [-0.4, -0.2) is 13.0 Å². The quantitative estimate of drug-likeness (QED) is 0.832. The molecular weight excluding hydrogens is 244 g/mol. The minimum absolute atomic E-state index is 0.255. The fraction of sp³-hybridized carbons (Fsp3) is 0.214. The van der Waals surface area contributed by atoms with E-state index >= 15 is 0 Å². The molecule has 1 aromatic carbocycles. The van der Waals surface area contributed by atoms with Crippen LogP contribution >= 0.6 is 0 Å². The number of nitrogens with two attached hydrogens (primary N) is 1. The number of carbonyl (C=O) groups excluding carboxylic acids is 1. The fourth-order valence-corrected chi connectivity index (χ4v) is 1.82. The Morgan fingerprint density at radius 3 is 2.63 bits per heavy atom. The van der Waals surface area contributed by atoms with Crippen LogP contribution in [0.3, 0.4) is 0 Å². The first-order chi connectivity index (χ1) is 9.01. The number of ether oxygens (including phenoxy) is 1. The summed E-state index contributed by atoms with van der Waals surface area (Å²) in [5, 5.41) is 2.75. The largest absolute Gasteiger partial charge is 0.497 e. The van der Waals surface area contributed by atoms with Crippen LogP contribution in [0.1, 0.15) is 21.9 Å². The van der Waals surface area contributed by atoms with Gasteiger partial charge in [-0.3, -0.25) is 4.79 Å². The van der Waals surface area contributed by atoms with Crippen molar-refractivity contribution in [1.82, 2.24) is 0 Å². The van der Waals surface area contributed by atoms with Gasteiger partial charge >= 0.3 is 0 Å². The third-order valence-corrected chi connectivity index (χ3v) is 2.79. The summed E-state index contributed by atoms with van der Waals surface area (Å²) in [6.45, 7) is 3.54. The molecule has 0 aliphatic carbocycles. The third-order valence-electron chi connectivity index (χ3n) is 2.79. The summed E-state index contributed by atoms with van der Waals surface area (Å²) in [5.74, 6) is 1.65. The van der Waals surface area contributed by atoms with Crippen molar-refractivity contribution < 1.29 is 13.9 Å². The Kier molecular flexibility index (Phi) is 3.46. The van der Waals surface area contributed by atoms with E-state index in [1.165, 1.54) is 0 Å². The Balaban J connectivity index is 2.26. The lowest BCUT2D eigenvalue weighted by molar-refractivity contribution is 0.102. The predicted molar refractivity (Wildman–Crippen MR) is 73.5 cm³/mol. The zero-order valence-corrected chi connectivity index (χ0v) is 11.1. The number of benzene rings is 1. The zero-order chi connectivity index (χ0) is 14.0. The fourth-order valence-electron chi connectivity index (χ4n) is 1.82. The molecule has 19 heavy (non-hydrogen) atoms. The van der Waals surface area contributed by atoms with Crippen molar-refractivity contribution in [3.05, 3.63) is 41.3 Å². The Labute approximate surface area is 111 Å². The normalized spacial score (nSPS) is 10.3. The lowest BCUT2D eigenvalue weighted by Crippen LogP contribution is -2.13. The summed E-state index contributed by atoms with van der Waals surface area (Å²) in [6, 6.07) is 6.79. The molecule has 5 heteroatoms. The number of rotatable bonds is 3. The van der Waals surface area contributed by atoms with Gasteiger partial charge in [-0.2, -0.15) is 0 Å². The smallest absolute Gasteiger partial charge is 0.259 e. The summed E-state index contributed by atoms with van der Waals surface area (Å²) < 4.78 is 10.4. The number of amides is 1. The molecule has 0 fully saturated rings. The molecule has 1 heterocycles. The number of nitrogen functional groups attached to an aromatic ring is 1. The van der Waals surface area contributed by atoms with E-state index in [1.54, 1.807) is 45.2 Å². The molecule has 2 aromatic rings. The number of aryl methyl sites for hydroxylation is 2. The second-order valence-corrected chi connectivity index (χ2v) is 4.23. The molecule has 0 aliphatic rings. The summed E-state index contributed by atoms with van der Waals surface area (Å²) in [6.07, 6.45) is 0. The second kappa shape index (κ2) is 5.06. The summed E-state index contributed by atoms with van der Waals surface area (Å²) in [7, 11) is 1.56. The van der Waals surface area contributed by atoms with Crippen molar-refractivity contribution in [3.8, 4) is 5.75 Å². The van der Waals surface area contributed by atoms with Crippen molar-refractivity contribution in [2.24, 2.45) is 0 Å². The molecule has 0 spiro atoms. The van der Waals surface area contributed by atoms with E-state index in [-0.39, 0.29) is 5.91 Å². The van der Waals surface area contributed by atoms with Crippen LogP contribution in [0.4, 0.5) is 11.4 Å². The van der Waals surface area contributed by atoms with Crippen molar-refractivity contribution in [1.29, 1.82) is 0 Å². The number of methoxy groups -OCH3 is 1. The Hall–Kier alpha value is -2.43. The minimum atomic E-state index is -0.255. The Morgan fingerprint density at radius 1 is 1.32 bits per heavy atom. The summed E-state index contributed by atoms with van der Waals surface area (Å²) >= 11 is 0. The van der Waals surface area contributed by atoms with Crippen LogP contribution in [0, 0.1) is 13.8 Å². The monoisotopic (exact) mass is 260 g/mol. The number of furan rings is 1. The Bertz CT molecular complexity index is 617. The predicted octanol–water partition coefficient (Wildman–Crippen LogP) is 2.74. The van der Waals surface area contributed by atoms with Gasteiger partial charge in [0.1, 0.15) is 17.3 Å². The molecule has 0 unspecified atom stereocenters. The maximum absolute atomic E-state index is 12.1. The van der Waals surface area contributed by atoms with Gasteiger partial charge < -0.3 is 20.2 Å². The van der Waals surface area contributed by atoms with Gasteiger partial charge in [0, 0.05) is 6.07 Å². The van der Waals surface area contributed by atoms with E-state index < -0.39 is 0 Å². The average Bonchev–Trinajstić information content (AvgIpc) is 2.71. The SMILES string of the molecule is COc1ccc(N)c(NC(=O)c2cc(C)oc2C)c1. The highest BCUT2D eigenvalue weighted by molar-refractivity contribution is 6.06. The molecule has 1 aromatic heterocycles. The lowest BCUT2D eigenvalue weighted by atomic mass is 10.2. The van der Waals surface area contributed by atoms with Gasteiger partial charge in [0.05, 0.1) is 24.0 Å². The van der Waals surface area contributed by atoms with Crippen LogP contribution in [0.15, 0.2) is 28.7 Å². The molecule has 1 amide bonds. The number of nitrogens with one attached hydrogen (secondary N) is 1. The van der Waals surface area contributed by atoms with E-state index in [0.717, 1.165) is 0 Å². The highest BCUT2D eigenvalue weighted by atomic mass is 16.5. The van der Waals surface area contributed by atoms with Crippen LogP contribution in [0.2, 0.25) is 0 Å². The number of hydrogen-bond acceptors (Lipinski definition) is 4. The van der Waals surface area contributed by atoms with E-state index in [0.29, 0.717) is 34.2 Å². The van der Waals surface area contributed by atoms with Crippen LogP contribution in [0.5, 0.6) is 5.75 Å². The molecule has 0 saturated carbocycles. The molecule has 0 aliphatic heterocycles. The number of carbonyl (C=O) groups is 1. The number of anilines is 2. The van der Waals surface area contributed by atoms with Crippen LogP contribution in [-0.2, 0) is 0 Å². The van der Waals surface area contributed by atoms with Crippen molar-refractivity contribution in [2.45, 2.75) is 13.8 Å². The van der Waals surface area contributed by atoms with Gasteiger partial charge in [-0.15, -0.1) is 0 Å². The van der Waals surface area contributed by atoms with Gasteiger partial charge in [-0.25, -0.2) is 0 Å². The van der Waals surface area contributed by atoms with E-state index in [1.807, 2.05) is 0 Å². The molecule has 0 atom stereocenters. The van der Waals surface area contributed by atoms with Gasteiger partial charge in [-0.05, 0) is 32.0 Å². The minimum Gasteiger partial charge on any atom is -0.497 e. The van der Waals surface area contributed by atoms with Gasteiger partial charge in [0.15, 0.2) is 0 Å². The van der Waals surface area contributed by atoms with Gasteiger partial charge in [0.2, 0.25) is 0 Å². The lowest BCUT2D eigenvalue weighted by Gasteiger charge is -2.09. The second-order valence-electron chi connectivity index (χ2n) is 4.23. The van der Waals surface area contributed by atoms with Gasteiger partial charge in [-0.1, -0.05) is 0 Å². The topological polar surface area (TPSA) is 77.5 Å². The molecule has 0 saturated heterocycles. The maximum Gasteiger partial charge on any atom is 0.259 e. The molecule has 3 N–H and O–H groups in total. The van der Waals surface area contributed by atoms with Crippen molar-refractivity contribution >= 4 is 17.3 Å². The summed E-state index contributed by atoms with van der Waals surface area (Å²) in [5.41, 5.74) is 7.31.